The molecule has 2 aromatic rings. The smallest absolute Gasteiger partial charge is 0.260 e. The van der Waals surface area contributed by atoms with Crippen LogP contribution in [-0.2, 0) is 0 Å². The molecule has 1 aliphatic heterocycles. The predicted molar refractivity (Wildman–Crippen MR) is 98.3 cm³/mol. The second-order valence-electron chi connectivity index (χ2n) is 6.18. The Morgan fingerprint density at radius 1 is 1.24 bits per heavy atom. The molecule has 0 radical (unpaired) electrons. The average molecular weight is 340 g/mol. The summed E-state index contributed by atoms with van der Waals surface area (Å²) < 4.78 is 5.22. The highest BCUT2D eigenvalue weighted by molar-refractivity contribution is 6.05. The van der Waals surface area contributed by atoms with Gasteiger partial charge in [-0.05, 0) is 49.9 Å². The quantitative estimate of drug-likeness (QED) is 0.902. The lowest BCUT2D eigenvalue weighted by atomic mass is 10.0. The normalized spacial score (nSPS) is 17.2. The topological polar surface area (TPSA) is 67.4 Å². The lowest BCUT2D eigenvalue weighted by Gasteiger charge is -2.35. The number of hydrogen-bond acceptors (Lipinski definition) is 5. The van der Waals surface area contributed by atoms with Gasteiger partial charge in [0.1, 0.15) is 5.75 Å². The molecule has 6 nitrogen and oxygen atoms in total. The summed E-state index contributed by atoms with van der Waals surface area (Å²) >= 11 is 0. The lowest BCUT2D eigenvalue weighted by molar-refractivity contribution is 0.102. The molecule has 2 heterocycles. The molecule has 1 N–H and O–H groups in total. The number of methoxy groups -OCH3 is 1. The number of amides is 1. The van der Waals surface area contributed by atoms with E-state index in [2.05, 4.69) is 27.3 Å². The number of nitrogens with one attached hydrogen (secondary N) is 1. The zero-order chi connectivity index (χ0) is 17.6. The Kier molecular flexibility index (Phi) is 5.48. The van der Waals surface area contributed by atoms with Gasteiger partial charge in [-0.3, -0.25) is 4.79 Å². The number of piperidine rings is 1. The van der Waals surface area contributed by atoms with E-state index in [0.717, 1.165) is 18.8 Å². The summed E-state index contributed by atoms with van der Waals surface area (Å²) in [5.41, 5.74) is 0.470. The van der Waals surface area contributed by atoms with Crippen molar-refractivity contribution >= 4 is 17.5 Å². The summed E-state index contributed by atoms with van der Waals surface area (Å²) in [5.74, 6) is 1.58. The lowest BCUT2D eigenvalue weighted by Crippen LogP contribution is -2.39. The number of rotatable bonds is 5. The van der Waals surface area contributed by atoms with Gasteiger partial charge in [0.15, 0.2) is 11.6 Å². The minimum absolute atomic E-state index is 0.260. The Bertz CT molecular complexity index is 718. The third-order valence-electron chi connectivity index (χ3n) is 4.64. The van der Waals surface area contributed by atoms with Gasteiger partial charge >= 0.3 is 0 Å². The molecule has 3 rings (SSSR count). The van der Waals surface area contributed by atoms with Crippen molar-refractivity contribution in [3.63, 3.8) is 0 Å². The number of nitrogens with zero attached hydrogens (tertiary/aromatic N) is 3. The molecule has 1 aromatic heterocycles. The molecular formula is C19H24N4O2. The fraction of sp³-hybridized carbons (Fsp3) is 0.421. The molecule has 1 unspecified atom stereocenters. The Morgan fingerprint density at radius 3 is 2.80 bits per heavy atom. The van der Waals surface area contributed by atoms with E-state index >= 15 is 0 Å². The molecule has 0 spiro atoms. The second-order valence-corrected chi connectivity index (χ2v) is 6.18. The van der Waals surface area contributed by atoms with Crippen LogP contribution < -0.4 is 15.0 Å². The molecule has 1 aromatic carbocycles. The predicted octanol–water partition coefficient (Wildman–Crippen LogP) is 3.51. The number of hydrogen-bond donors (Lipinski definition) is 1. The Labute approximate surface area is 148 Å². The molecule has 1 saturated heterocycles. The van der Waals surface area contributed by atoms with Crippen molar-refractivity contribution in [3.05, 3.63) is 42.0 Å². The van der Waals surface area contributed by atoms with Crippen LogP contribution in [0.25, 0.3) is 0 Å². The summed E-state index contributed by atoms with van der Waals surface area (Å²) in [7, 11) is 1.55. The van der Waals surface area contributed by atoms with Crippen LogP contribution in [0, 0.1) is 0 Å². The Morgan fingerprint density at radius 2 is 2.08 bits per heavy atom. The van der Waals surface area contributed by atoms with Gasteiger partial charge in [0.25, 0.3) is 5.91 Å². The van der Waals surface area contributed by atoms with Crippen LogP contribution in [0.3, 0.4) is 0 Å². The maximum absolute atomic E-state index is 12.4. The molecule has 0 bridgehead atoms. The molecule has 25 heavy (non-hydrogen) atoms. The summed E-state index contributed by atoms with van der Waals surface area (Å²) in [6, 6.07) is 11.4. The number of anilines is 2. The third kappa shape index (κ3) is 3.90. The van der Waals surface area contributed by atoms with Crippen molar-refractivity contribution in [2.24, 2.45) is 0 Å². The molecule has 0 saturated carbocycles. The number of benzene rings is 1. The number of aromatic nitrogens is 2. The third-order valence-corrected chi connectivity index (χ3v) is 4.64. The van der Waals surface area contributed by atoms with Gasteiger partial charge in [-0.25, -0.2) is 0 Å². The Balaban J connectivity index is 1.71. The van der Waals surface area contributed by atoms with Crippen LogP contribution in [0.15, 0.2) is 36.4 Å². The SMILES string of the molecule is CCC1CCCCN1c1ccc(NC(=O)c2ccccc2OC)nn1. The van der Waals surface area contributed by atoms with E-state index in [1.807, 2.05) is 12.1 Å². The first-order chi connectivity index (χ1) is 12.2. The highest BCUT2D eigenvalue weighted by atomic mass is 16.5. The van der Waals surface area contributed by atoms with Crippen molar-refractivity contribution in [1.29, 1.82) is 0 Å². The highest BCUT2D eigenvalue weighted by Crippen LogP contribution is 2.25. The van der Waals surface area contributed by atoms with Crippen molar-refractivity contribution in [1.82, 2.24) is 10.2 Å². The van der Waals surface area contributed by atoms with Gasteiger partial charge in [0.2, 0.25) is 0 Å². The van der Waals surface area contributed by atoms with E-state index in [4.69, 9.17) is 4.74 Å². The van der Waals surface area contributed by atoms with E-state index < -0.39 is 0 Å². The van der Waals surface area contributed by atoms with Crippen LogP contribution in [0.4, 0.5) is 11.6 Å². The van der Waals surface area contributed by atoms with Gasteiger partial charge in [0.05, 0.1) is 12.7 Å². The maximum Gasteiger partial charge on any atom is 0.260 e. The van der Waals surface area contributed by atoms with Crippen LogP contribution in [0.2, 0.25) is 0 Å². The van der Waals surface area contributed by atoms with Gasteiger partial charge in [-0.1, -0.05) is 19.1 Å². The zero-order valence-electron chi connectivity index (χ0n) is 14.7. The van der Waals surface area contributed by atoms with Crippen LogP contribution in [-0.4, -0.2) is 35.8 Å². The van der Waals surface area contributed by atoms with E-state index in [1.54, 1.807) is 31.4 Å². The van der Waals surface area contributed by atoms with Crippen molar-refractivity contribution in [2.75, 3.05) is 23.9 Å². The number of carbonyl (C=O) groups excluding carboxylic acids is 1. The molecular weight excluding hydrogens is 316 g/mol. The maximum atomic E-state index is 12.4. The summed E-state index contributed by atoms with van der Waals surface area (Å²) in [6.45, 7) is 3.22. The first kappa shape index (κ1) is 17.2. The number of carbonyl (C=O) groups is 1. The van der Waals surface area contributed by atoms with Crippen LogP contribution in [0.5, 0.6) is 5.75 Å². The zero-order valence-corrected chi connectivity index (χ0v) is 14.7. The average Bonchev–Trinajstić information content (AvgIpc) is 2.68. The van der Waals surface area contributed by atoms with E-state index in [9.17, 15) is 4.79 Å². The van der Waals surface area contributed by atoms with E-state index in [-0.39, 0.29) is 5.91 Å². The monoisotopic (exact) mass is 340 g/mol. The standard InChI is InChI=1S/C19H24N4O2/c1-3-14-8-6-7-13-23(14)18-12-11-17(21-22-18)20-19(24)15-9-4-5-10-16(15)25-2/h4-5,9-12,14H,3,6-8,13H2,1-2H3,(H,20,21,24). The van der Waals surface area contributed by atoms with Gasteiger partial charge < -0.3 is 15.0 Å². The highest BCUT2D eigenvalue weighted by Gasteiger charge is 2.22. The van der Waals surface area contributed by atoms with Crippen molar-refractivity contribution in [3.8, 4) is 5.75 Å². The van der Waals surface area contributed by atoms with Crippen molar-refractivity contribution in [2.45, 2.75) is 38.6 Å². The molecule has 1 atom stereocenters. The largest absolute Gasteiger partial charge is 0.496 e. The number of para-hydroxylation sites is 1. The van der Waals surface area contributed by atoms with Crippen LogP contribution in [0.1, 0.15) is 43.0 Å². The minimum Gasteiger partial charge on any atom is -0.496 e. The molecule has 1 aliphatic rings. The fourth-order valence-corrected chi connectivity index (χ4v) is 3.29. The summed E-state index contributed by atoms with van der Waals surface area (Å²) in [5, 5.41) is 11.3. The molecule has 1 amide bonds. The second kappa shape index (κ2) is 7.96. The Hall–Kier alpha value is -2.63. The fourth-order valence-electron chi connectivity index (χ4n) is 3.29. The minimum atomic E-state index is -0.260. The van der Waals surface area contributed by atoms with Crippen molar-refractivity contribution < 1.29 is 9.53 Å². The molecule has 6 heteroatoms. The van der Waals surface area contributed by atoms with E-state index in [1.165, 1.54) is 19.3 Å². The van der Waals surface area contributed by atoms with Gasteiger partial charge in [0, 0.05) is 12.6 Å². The summed E-state index contributed by atoms with van der Waals surface area (Å²) in [6.07, 6.45) is 4.76. The van der Waals surface area contributed by atoms with Gasteiger partial charge in [-0.15, -0.1) is 10.2 Å². The van der Waals surface area contributed by atoms with Gasteiger partial charge in [-0.2, -0.15) is 0 Å². The molecule has 1 fully saturated rings. The molecule has 132 valence electrons. The first-order valence-corrected chi connectivity index (χ1v) is 8.77. The molecule has 0 aliphatic carbocycles. The van der Waals surface area contributed by atoms with E-state index in [0.29, 0.717) is 23.2 Å². The first-order valence-electron chi connectivity index (χ1n) is 8.77. The van der Waals surface area contributed by atoms with Crippen LogP contribution >= 0.6 is 0 Å². The number of ether oxygens (including phenoxy) is 1. The summed E-state index contributed by atoms with van der Waals surface area (Å²) in [4.78, 5) is 14.7.